The molecule has 0 bridgehead atoms. The molecule has 8 nitrogen and oxygen atoms in total. The number of ether oxygens (including phenoxy) is 7. The molecule has 2 saturated heterocycles. The van der Waals surface area contributed by atoms with Gasteiger partial charge in [-0.2, -0.15) is 0 Å². The maximum Gasteiger partial charge on any atom is 0.343 e. The van der Waals surface area contributed by atoms with E-state index >= 15 is 0 Å². The van der Waals surface area contributed by atoms with Crippen LogP contribution in [0.15, 0.2) is 72.8 Å². The van der Waals surface area contributed by atoms with Gasteiger partial charge in [0.1, 0.15) is 17.2 Å². The first-order valence-corrected chi connectivity index (χ1v) is 20.4. The molecule has 2 aliphatic carbocycles. The van der Waals surface area contributed by atoms with Gasteiger partial charge in [-0.3, -0.25) is 0 Å². The van der Waals surface area contributed by atoms with E-state index in [4.69, 9.17) is 33.2 Å². The molecule has 0 aromatic heterocycles. The van der Waals surface area contributed by atoms with E-state index < -0.39 is 0 Å². The average Bonchev–Trinajstić information content (AvgIpc) is 4.13. The summed E-state index contributed by atoms with van der Waals surface area (Å²) >= 11 is 0. The minimum absolute atomic E-state index is 0.388. The van der Waals surface area contributed by atoms with Crippen molar-refractivity contribution in [2.75, 3.05) is 39.6 Å². The van der Waals surface area contributed by atoms with E-state index in [1.807, 2.05) is 36.4 Å². The van der Waals surface area contributed by atoms with Crippen LogP contribution in [-0.2, 0) is 18.9 Å². The molecule has 8 heteroatoms. The summed E-state index contributed by atoms with van der Waals surface area (Å²) in [6.45, 7) is 4.86. The van der Waals surface area contributed by atoms with Crippen LogP contribution in [0.2, 0.25) is 0 Å². The van der Waals surface area contributed by atoms with Crippen molar-refractivity contribution >= 4 is 5.97 Å². The Hall–Kier alpha value is -3.43. The Morgan fingerprint density at radius 1 is 0.491 bits per heavy atom. The summed E-state index contributed by atoms with van der Waals surface area (Å²) in [6, 6.07) is 22.9. The zero-order valence-electron chi connectivity index (χ0n) is 31.3. The van der Waals surface area contributed by atoms with Gasteiger partial charge < -0.3 is 33.2 Å². The highest BCUT2D eigenvalue weighted by Gasteiger charge is 2.44. The molecule has 4 fully saturated rings. The van der Waals surface area contributed by atoms with Gasteiger partial charge in [0.25, 0.3) is 0 Å². The van der Waals surface area contributed by atoms with Crippen LogP contribution < -0.4 is 14.2 Å². The third-order valence-corrected chi connectivity index (χ3v) is 11.2. The SMILES string of the molecule is O=C(Oc1ccc(OCCCCCCOCC2CCC3OC3C2)cc1)c1ccc(-c2ccc(OCCCCCCOCC3CCC4OC4C3)cc2)cc1. The molecule has 53 heavy (non-hydrogen) atoms. The summed E-state index contributed by atoms with van der Waals surface area (Å²) in [5, 5.41) is 0. The molecule has 6 atom stereocenters. The van der Waals surface area contributed by atoms with Gasteiger partial charge in [-0.25, -0.2) is 4.79 Å². The average molecular weight is 727 g/mol. The number of rotatable bonds is 23. The molecule has 0 spiro atoms. The van der Waals surface area contributed by atoms with Gasteiger partial charge in [0.05, 0.1) is 43.2 Å². The van der Waals surface area contributed by atoms with Gasteiger partial charge in [-0.05, 0) is 149 Å². The maximum atomic E-state index is 12.8. The van der Waals surface area contributed by atoms with Gasteiger partial charge >= 0.3 is 5.97 Å². The lowest BCUT2D eigenvalue weighted by molar-refractivity contribution is 0.0734. The van der Waals surface area contributed by atoms with Gasteiger partial charge in [0, 0.05) is 26.4 Å². The third kappa shape index (κ3) is 12.3. The van der Waals surface area contributed by atoms with Crippen LogP contribution in [0.4, 0.5) is 0 Å². The Morgan fingerprint density at radius 2 is 0.925 bits per heavy atom. The van der Waals surface area contributed by atoms with Crippen LogP contribution in [0.25, 0.3) is 11.1 Å². The van der Waals surface area contributed by atoms with Crippen LogP contribution in [0.1, 0.15) is 100 Å². The molecule has 2 saturated carbocycles. The molecule has 286 valence electrons. The van der Waals surface area contributed by atoms with Gasteiger partial charge in [0.2, 0.25) is 0 Å². The summed E-state index contributed by atoms with van der Waals surface area (Å²) in [6.07, 6.45) is 18.3. The number of benzene rings is 3. The lowest BCUT2D eigenvalue weighted by atomic mass is 9.90. The summed E-state index contributed by atoms with van der Waals surface area (Å²) in [4.78, 5) is 12.8. The molecule has 2 aliphatic heterocycles. The molecule has 7 rings (SSSR count). The van der Waals surface area contributed by atoms with Crippen LogP contribution in [0.3, 0.4) is 0 Å². The van der Waals surface area contributed by atoms with Crippen molar-refractivity contribution in [2.45, 2.75) is 114 Å². The molecule has 0 radical (unpaired) electrons. The topological polar surface area (TPSA) is 88.3 Å². The van der Waals surface area contributed by atoms with Crippen molar-refractivity contribution < 1.29 is 38.0 Å². The molecule has 6 unspecified atom stereocenters. The van der Waals surface area contributed by atoms with Crippen molar-refractivity contribution in [1.82, 2.24) is 0 Å². The predicted molar refractivity (Wildman–Crippen MR) is 205 cm³/mol. The van der Waals surface area contributed by atoms with E-state index in [-0.39, 0.29) is 5.97 Å². The quantitative estimate of drug-likeness (QED) is 0.0413. The molecule has 0 N–H and O–H groups in total. The van der Waals surface area contributed by atoms with Crippen molar-refractivity contribution in [3.63, 3.8) is 0 Å². The molecule has 0 amide bonds. The Kier molecular flexibility index (Phi) is 14.1. The van der Waals surface area contributed by atoms with Crippen molar-refractivity contribution in [3.8, 4) is 28.4 Å². The molecular weight excluding hydrogens is 668 g/mol. The minimum Gasteiger partial charge on any atom is -0.494 e. The van der Waals surface area contributed by atoms with E-state index in [1.165, 1.54) is 44.9 Å². The summed E-state index contributed by atoms with van der Waals surface area (Å²) in [5.41, 5.74) is 2.60. The van der Waals surface area contributed by atoms with Crippen LogP contribution >= 0.6 is 0 Å². The first-order valence-electron chi connectivity index (χ1n) is 20.4. The fourth-order valence-corrected chi connectivity index (χ4v) is 7.79. The largest absolute Gasteiger partial charge is 0.494 e. The predicted octanol–water partition coefficient (Wildman–Crippen LogP) is 9.62. The van der Waals surface area contributed by atoms with E-state index in [2.05, 4.69) is 12.1 Å². The van der Waals surface area contributed by atoms with Crippen LogP contribution in [0.5, 0.6) is 17.2 Å². The number of carbonyl (C=O) groups excluding carboxylic acids is 1. The lowest BCUT2D eigenvalue weighted by Gasteiger charge is -2.18. The molecule has 3 aromatic rings. The molecular formula is C45H58O8. The van der Waals surface area contributed by atoms with Gasteiger partial charge in [-0.15, -0.1) is 0 Å². The highest BCUT2D eigenvalue weighted by Crippen LogP contribution is 2.40. The summed E-state index contributed by atoms with van der Waals surface area (Å²) in [5.74, 6) is 3.13. The van der Waals surface area contributed by atoms with E-state index in [1.54, 1.807) is 24.3 Å². The number of esters is 1. The second-order valence-corrected chi connectivity index (χ2v) is 15.4. The van der Waals surface area contributed by atoms with Crippen LogP contribution in [0, 0.1) is 11.8 Å². The monoisotopic (exact) mass is 726 g/mol. The second kappa shape index (κ2) is 19.8. The van der Waals surface area contributed by atoms with Crippen molar-refractivity contribution in [1.29, 1.82) is 0 Å². The Balaban J connectivity index is 0.706. The zero-order chi connectivity index (χ0) is 36.1. The normalized spacial score (nSPS) is 24.2. The first kappa shape index (κ1) is 37.9. The minimum atomic E-state index is -0.388. The third-order valence-electron chi connectivity index (χ3n) is 11.2. The molecule has 2 heterocycles. The number of hydrogen-bond donors (Lipinski definition) is 0. The van der Waals surface area contributed by atoms with E-state index in [0.29, 0.717) is 60.8 Å². The summed E-state index contributed by atoms with van der Waals surface area (Å²) < 4.78 is 40.6. The van der Waals surface area contributed by atoms with Gasteiger partial charge in [-0.1, -0.05) is 37.1 Å². The van der Waals surface area contributed by atoms with Gasteiger partial charge in [0.15, 0.2) is 0 Å². The fourth-order valence-electron chi connectivity index (χ4n) is 7.79. The standard InChI is InChI=1S/C45H58O8/c46-45(51-40-21-19-39(20-22-40)50-28-8-4-2-6-26-48-32-34-10-24-42-44(30-34)53-42)37-13-11-35(12-14-37)36-15-17-38(18-16-36)49-27-7-3-1-5-25-47-31-33-9-23-41-43(29-33)52-41/h11-22,33-34,41-44H,1-10,23-32H2. The van der Waals surface area contributed by atoms with Crippen molar-refractivity contribution in [3.05, 3.63) is 78.4 Å². The second-order valence-electron chi connectivity index (χ2n) is 15.4. The molecule has 4 aliphatic rings. The smallest absolute Gasteiger partial charge is 0.343 e. The highest BCUT2D eigenvalue weighted by molar-refractivity contribution is 5.91. The van der Waals surface area contributed by atoms with E-state index in [9.17, 15) is 4.79 Å². The first-order chi connectivity index (χ1) is 26.2. The lowest BCUT2D eigenvalue weighted by Crippen LogP contribution is -2.18. The molecule has 3 aromatic carbocycles. The number of unbranched alkanes of at least 4 members (excludes halogenated alkanes) is 6. The number of epoxide rings is 2. The summed E-state index contributed by atoms with van der Waals surface area (Å²) in [7, 11) is 0. The zero-order valence-corrected chi connectivity index (χ0v) is 31.3. The van der Waals surface area contributed by atoms with E-state index in [0.717, 1.165) is 94.0 Å². The Morgan fingerprint density at radius 3 is 1.42 bits per heavy atom. The number of fused-ring (bicyclic) bond motifs is 2. The maximum absolute atomic E-state index is 12.8. The number of hydrogen-bond acceptors (Lipinski definition) is 8. The Labute approximate surface area is 315 Å². The van der Waals surface area contributed by atoms with Crippen LogP contribution in [-0.4, -0.2) is 70.0 Å². The van der Waals surface area contributed by atoms with Crippen molar-refractivity contribution in [2.24, 2.45) is 11.8 Å². The number of carbonyl (C=O) groups is 1. The fraction of sp³-hybridized carbons (Fsp3) is 0.578. The Bertz CT molecular complexity index is 1520. The highest BCUT2D eigenvalue weighted by atomic mass is 16.6.